The molecule has 1 saturated heterocycles. The van der Waals surface area contributed by atoms with Gasteiger partial charge in [-0.05, 0) is 31.0 Å². The molecule has 0 spiro atoms. The Morgan fingerprint density at radius 2 is 2.00 bits per heavy atom. The van der Waals surface area contributed by atoms with E-state index in [1.54, 1.807) is 0 Å². The predicted molar refractivity (Wildman–Crippen MR) is 64.7 cm³/mol. The molecule has 15 heavy (non-hydrogen) atoms. The highest BCUT2D eigenvalue weighted by Gasteiger charge is 2.36. The van der Waals surface area contributed by atoms with Gasteiger partial charge in [-0.1, -0.05) is 23.7 Å². The molecular weight excluding hydrogens is 233 g/mol. The van der Waals surface area contributed by atoms with E-state index in [9.17, 15) is 5.11 Å². The molecule has 0 saturated carbocycles. The second-order valence-corrected chi connectivity index (χ2v) is 4.46. The van der Waals surface area contributed by atoms with Crippen LogP contribution in [0.1, 0.15) is 18.9 Å². The third-order valence-electron chi connectivity index (χ3n) is 2.77. The summed E-state index contributed by atoms with van der Waals surface area (Å²) in [6, 6.07) is 7.79. The van der Waals surface area contributed by atoms with E-state index in [1.165, 1.54) is 0 Å². The summed E-state index contributed by atoms with van der Waals surface area (Å²) in [5, 5.41) is 14.3. The molecule has 1 aromatic carbocycles. The van der Waals surface area contributed by atoms with E-state index < -0.39 is 5.60 Å². The largest absolute Gasteiger partial charge is 0.384 e. The van der Waals surface area contributed by atoms with Crippen molar-refractivity contribution in [2.24, 2.45) is 0 Å². The fourth-order valence-electron chi connectivity index (χ4n) is 1.97. The zero-order chi connectivity index (χ0) is 10.2. The van der Waals surface area contributed by atoms with E-state index in [2.05, 4.69) is 12.2 Å². The minimum absolute atomic E-state index is 0. The third-order valence-corrected chi connectivity index (χ3v) is 3.02. The van der Waals surface area contributed by atoms with Crippen LogP contribution < -0.4 is 5.32 Å². The van der Waals surface area contributed by atoms with E-state index in [-0.39, 0.29) is 12.4 Å². The van der Waals surface area contributed by atoms with Crippen LogP contribution in [0, 0.1) is 0 Å². The molecular formula is C11H15Cl2NO. The number of hydrogen-bond donors (Lipinski definition) is 2. The van der Waals surface area contributed by atoms with E-state index in [0.717, 1.165) is 12.0 Å². The minimum atomic E-state index is -0.718. The molecule has 84 valence electrons. The topological polar surface area (TPSA) is 32.3 Å². The molecule has 0 amide bonds. The summed E-state index contributed by atoms with van der Waals surface area (Å²) < 4.78 is 0. The first-order chi connectivity index (χ1) is 6.60. The molecule has 1 aromatic rings. The molecule has 2 rings (SSSR count). The highest BCUT2D eigenvalue weighted by Crippen LogP contribution is 2.30. The summed E-state index contributed by atoms with van der Waals surface area (Å²) in [7, 11) is 0. The van der Waals surface area contributed by atoms with Gasteiger partial charge in [-0.15, -0.1) is 12.4 Å². The van der Waals surface area contributed by atoms with Crippen molar-refractivity contribution in [2.75, 3.05) is 6.54 Å². The van der Waals surface area contributed by atoms with Gasteiger partial charge in [0.15, 0.2) is 0 Å². The molecule has 1 fully saturated rings. The van der Waals surface area contributed by atoms with Gasteiger partial charge in [-0.2, -0.15) is 0 Å². The van der Waals surface area contributed by atoms with Crippen LogP contribution in [0.25, 0.3) is 0 Å². The van der Waals surface area contributed by atoms with Crippen molar-refractivity contribution < 1.29 is 5.11 Å². The Hall–Kier alpha value is -0.280. The van der Waals surface area contributed by atoms with Gasteiger partial charge < -0.3 is 10.4 Å². The van der Waals surface area contributed by atoms with Crippen LogP contribution >= 0.6 is 24.0 Å². The first-order valence-electron chi connectivity index (χ1n) is 4.82. The Bertz CT molecular complexity index is 328. The van der Waals surface area contributed by atoms with Gasteiger partial charge >= 0.3 is 0 Å². The maximum atomic E-state index is 10.3. The fraction of sp³-hybridized carbons (Fsp3) is 0.455. The van der Waals surface area contributed by atoms with Gasteiger partial charge in [0.1, 0.15) is 5.60 Å². The van der Waals surface area contributed by atoms with Gasteiger partial charge in [0.25, 0.3) is 0 Å². The van der Waals surface area contributed by atoms with Crippen molar-refractivity contribution in [2.45, 2.75) is 25.0 Å². The molecule has 1 aliphatic rings. The highest BCUT2D eigenvalue weighted by atomic mass is 35.5. The lowest BCUT2D eigenvalue weighted by molar-refractivity contribution is 0.0565. The van der Waals surface area contributed by atoms with Crippen molar-refractivity contribution in [3.05, 3.63) is 34.9 Å². The summed E-state index contributed by atoms with van der Waals surface area (Å²) in [4.78, 5) is 0. The standard InChI is InChI=1S/C11H14ClNO.ClH/c1-8-6-11(14,7-13-8)9-2-4-10(12)5-3-9;/h2-5,8,13-14H,6-7H2,1H3;1H. The monoisotopic (exact) mass is 247 g/mol. The van der Waals surface area contributed by atoms with Crippen LogP contribution in [-0.2, 0) is 5.60 Å². The molecule has 0 bridgehead atoms. The predicted octanol–water partition coefficient (Wildman–Crippen LogP) is 2.33. The molecule has 2 nitrogen and oxygen atoms in total. The number of benzene rings is 1. The lowest BCUT2D eigenvalue weighted by Crippen LogP contribution is -2.28. The van der Waals surface area contributed by atoms with Crippen LogP contribution in [0.4, 0.5) is 0 Å². The summed E-state index contributed by atoms with van der Waals surface area (Å²) in [6.07, 6.45) is 0.759. The Kier molecular flexibility index (Phi) is 4.01. The van der Waals surface area contributed by atoms with E-state index in [1.807, 2.05) is 24.3 Å². The maximum absolute atomic E-state index is 10.3. The highest BCUT2D eigenvalue weighted by molar-refractivity contribution is 6.30. The van der Waals surface area contributed by atoms with E-state index in [0.29, 0.717) is 17.6 Å². The second-order valence-electron chi connectivity index (χ2n) is 4.02. The van der Waals surface area contributed by atoms with Gasteiger partial charge in [0.2, 0.25) is 0 Å². The van der Waals surface area contributed by atoms with Crippen LogP contribution in [0.2, 0.25) is 5.02 Å². The second kappa shape index (κ2) is 4.71. The maximum Gasteiger partial charge on any atom is 0.103 e. The number of rotatable bonds is 1. The van der Waals surface area contributed by atoms with E-state index >= 15 is 0 Å². The summed E-state index contributed by atoms with van der Waals surface area (Å²) in [6.45, 7) is 2.70. The number of hydrogen-bond acceptors (Lipinski definition) is 2. The van der Waals surface area contributed by atoms with Crippen molar-refractivity contribution in [1.82, 2.24) is 5.32 Å². The van der Waals surface area contributed by atoms with Crippen LogP contribution in [0.15, 0.2) is 24.3 Å². The molecule has 1 heterocycles. The summed E-state index contributed by atoms with van der Waals surface area (Å²) in [5.74, 6) is 0. The van der Waals surface area contributed by atoms with E-state index in [4.69, 9.17) is 11.6 Å². The Labute approximate surface area is 101 Å². The Balaban J connectivity index is 0.00000112. The lowest BCUT2D eigenvalue weighted by Gasteiger charge is -2.22. The molecule has 4 heteroatoms. The van der Waals surface area contributed by atoms with Crippen molar-refractivity contribution >= 4 is 24.0 Å². The molecule has 1 aliphatic heterocycles. The molecule has 0 aliphatic carbocycles. The molecule has 2 N–H and O–H groups in total. The van der Waals surface area contributed by atoms with Crippen molar-refractivity contribution in [1.29, 1.82) is 0 Å². The summed E-state index contributed by atoms with van der Waals surface area (Å²) in [5.41, 5.74) is 0.225. The zero-order valence-corrected chi connectivity index (χ0v) is 10.1. The molecule has 2 atom stereocenters. The van der Waals surface area contributed by atoms with Gasteiger partial charge in [-0.25, -0.2) is 0 Å². The number of aliphatic hydroxyl groups is 1. The SMILES string of the molecule is CC1CC(O)(c2ccc(Cl)cc2)CN1.Cl. The van der Waals surface area contributed by atoms with Crippen molar-refractivity contribution in [3.63, 3.8) is 0 Å². The normalized spacial score (nSPS) is 29.9. The van der Waals surface area contributed by atoms with Crippen LogP contribution in [0.5, 0.6) is 0 Å². The number of halogens is 2. The smallest absolute Gasteiger partial charge is 0.103 e. The third kappa shape index (κ3) is 2.64. The molecule has 0 aromatic heterocycles. The van der Waals surface area contributed by atoms with Gasteiger partial charge in [0, 0.05) is 17.6 Å². The fourth-order valence-corrected chi connectivity index (χ4v) is 2.10. The molecule has 2 unspecified atom stereocenters. The quantitative estimate of drug-likeness (QED) is 0.799. The lowest BCUT2D eigenvalue weighted by atomic mass is 9.91. The summed E-state index contributed by atoms with van der Waals surface area (Å²) >= 11 is 5.80. The molecule has 0 radical (unpaired) electrons. The first-order valence-corrected chi connectivity index (χ1v) is 5.20. The Morgan fingerprint density at radius 3 is 2.47 bits per heavy atom. The van der Waals surface area contributed by atoms with Gasteiger partial charge in [-0.3, -0.25) is 0 Å². The number of β-amino-alcohol motifs (C(OH)–C–C–N with tert-alkyl or cyclic N) is 1. The first kappa shape index (κ1) is 12.8. The van der Waals surface area contributed by atoms with Gasteiger partial charge in [0.05, 0.1) is 0 Å². The zero-order valence-electron chi connectivity index (χ0n) is 8.53. The average molecular weight is 248 g/mol. The van der Waals surface area contributed by atoms with Crippen LogP contribution in [-0.4, -0.2) is 17.7 Å². The average Bonchev–Trinajstić information content (AvgIpc) is 2.48. The van der Waals surface area contributed by atoms with Crippen molar-refractivity contribution in [3.8, 4) is 0 Å². The Morgan fingerprint density at radius 1 is 1.40 bits per heavy atom. The van der Waals surface area contributed by atoms with Crippen LogP contribution in [0.3, 0.4) is 0 Å². The minimum Gasteiger partial charge on any atom is -0.384 e. The number of nitrogens with one attached hydrogen (secondary N) is 1.